The molecule has 3 heterocycles. The van der Waals surface area contributed by atoms with Crippen molar-refractivity contribution in [3.05, 3.63) is 54.1 Å². The standard InChI is InChI=1S/C30H39BrClN3O5/c1-5-13-33(14-6-2)27(37)22-23-28(38)35(16-8-9-17-36)26(30(23)18-20(31)25(22)40-30)29(39)34(15-7-3)24-19(4)11-10-12-21(24)32/h5,7,10-12,20,22-23,25-26,36H,1,3,6,8-9,13-18H2,2,4H3/t20?,22-,23-,25-,26?,30?/m0/s1. The van der Waals surface area contributed by atoms with Crippen LogP contribution in [0.25, 0.3) is 0 Å². The molecule has 40 heavy (non-hydrogen) atoms. The van der Waals surface area contributed by atoms with E-state index >= 15 is 0 Å². The zero-order valence-electron chi connectivity index (χ0n) is 23.2. The Labute approximate surface area is 250 Å². The zero-order valence-corrected chi connectivity index (χ0v) is 25.6. The summed E-state index contributed by atoms with van der Waals surface area (Å²) in [6.45, 7) is 12.9. The first kappa shape index (κ1) is 30.8. The predicted octanol–water partition coefficient (Wildman–Crippen LogP) is 4.11. The van der Waals surface area contributed by atoms with Crippen LogP contribution in [0.2, 0.25) is 5.02 Å². The van der Waals surface area contributed by atoms with Crippen molar-refractivity contribution in [1.82, 2.24) is 9.80 Å². The van der Waals surface area contributed by atoms with Gasteiger partial charge in [0.05, 0.1) is 28.6 Å². The van der Waals surface area contributed by atoms with Gasteiger partial charge in [-0.25, -0.2) is 0 Å². The lowest BCUT2D eigenvalue weighted by Gasteiger charge is -2.38. The Morgan fingerprint density at radius 2 is 1.98 bits per heavy atom. The fraction of sp³-hybridized carbons (Fsp3) is 0.567. The topological polar surface area (TPSA) is 90.4 Å². The minimum atomic E-state index is -1.17. The van der Waals surface area contributed by atoms with Crippen LogP contribution in [0.15, 0.2) is 43.5 Å². The van der Waals surface area contributed by atoms with Crippen LogP contribution in [0.5, 0.6) is 0 Å². The number of nitrogens with zero attached hydrogens (tertiary/aromatic N) is 3. The van der Waals surface area contributed by atoms with Crippen LogP contribution in [-0.2, 0) is 19.1 Å². The monoisotopic (exact) mass is 635 g/mol. The van der Waals surface area contributed by atoms with Gasteiger partial charge < -0.3 is 24.5 Å². The second-order valence-electron chi connectivity index (χ2n) is 10.8. The van der Waals surface area contributed by atoms with Crippen molar-refractivity contribution in [2.45, 2.75) is 62.1 Å². The van der Waals surface area contributed by atoms with Gasteiger partial charge >= 0.3 is 0 Å². The van der Waals surface area contributed by atoms with Gasteiger partial charge in [0.15, 0.2) is 0 Å². The van der Waals surface area contributed by atoms with Gasteiger partial charge in [0.2, 0.25) is 11.8 Å². The Balaban J connectivity index is 1.81. The highest BCUT2D eigenvalue weighted by atomic mass is 79.9. The second kappa shape index (κ2) is 12.8. The number of hydrogen-bond acceptors (Lipinski definition) is 5. The van der Waals surface area contributed by atoms with E-state index in [9.17, 15) is 19.5 Å². The molecule has 3 unspecified atom stereocenters. The van der Waals surface area contributed by atoms with Crippen LogP contribution in [0.4, 0.5) is 5.69 Å². The van der Waals surface area contributed by atoms with Crippen molar-refractivity contribution in [2.24, 2.45) is 11.8 Å². The molecule has 2 bridgehead atoms. The van der Waals surface area contributed by atoms with E-state index in [0.717, 1.165) is 12.0 Å². The summed E-state index contributed by atoms with van der Waals surface area (Å²) in [6.07, 6.45) is 4.97. The SMILES string of the molecule is C=CCN(CCC)C(=O)[C@H]1[C@H]2C(=O)N(CCCCO)C(C(=O)N(CC=C)c3c(C)cccc3Cl)C23CC(Br)[C@@H]1O3. The number of hydrogen-bond donors (Lipinski definition) is 1. The van der Waals surface area contributed by atoms with Crippen molar-refractivity contribution >= 4 is 50.9 Å². The summed E-state index contributed by atoms with van der Waals surface area (Å²) in [5.74, 6) is -2.22. The van der Waals surface area contributed by atoms with Gasteiger partial charge in [0.1, 0.15) is 11.6 Å². The first-order valence-electron chi connectivity index (χ1n) is 14.0. The number of alkyl halides is 1. The molecule has 3 aliphatic heterocycles. The lowest BCUT2D eigenvalue weighted by Crippen LogP contribution is -2.57. The molecule has 1 aromatic carbocycles. The molecule has 0 aromatic heterocycles. The molecule has 1 N–H and O–H groups in total. The summed E-state index contributed by atoms with van der Waals surface area (Å²) in [5.41, 5.74) is 0.204. The third-order valence-electron chi connectivity index (χ3n) is 8.31. The minimum absolute atomic E-state index is 0.0205. The molecule has 3 amide bonds. The van der Waals surface area contributed by atoms with Crippen LogP contribution in [0.3, 0.4) is 0 Å². The third-order valence-corrected chi connectivity index (χ3v) is 9.46. The second-order valence-corrected chi connectivity index (χ2v) is 12.4. The van der Waals surface area contributed by atoms with Gasteiger partial charge in [-0.1, -0.05) is 58.7 Å². The van der Waals surface area contributed by atoms with Crippen molar-refractivity contribution in [3.63, 3.8) is 0 Å². The first-order valence-corrected chi connectivity index (χ1v) is 15.3. The Morgan fingerprint density at radius 1 is 1.25 bits per heavy atom. The molecule has 3 saturated heterocycles. The van der Waals surface area contributed by atoms with E-state index in [0.29, 0.717) is 43.1 Å². The maximum absolute atomic E-state index is 14.6. The number of ether oxygens (including phenoxy) is 1. The number of amides is 3. The molecule has 1 aromatic rings. The number of para-hydroxylation sites is 1. The normalized spacial score (nSPS) is 28.5. The maximum Gasteiger partial charge on any atom is 0.253 e. The molecule has 1 spiro atoms. The van der Waals surface area contributed by atoms with Crippen LogP contribution >= 0.6 is 27.5 Å². The van der Waals surface area contributed by atoms with E-state index in [4.69, 9.17) is 16.3 Å². The molecule has 8 nitrogen and oxygen atoms in total. The summed E-state index contributed by atoms with van der Waals surface area (Å²) in [7, 11) is 0. The molecule has 4 rings (SSSR count). The molecular formula is C30H39BrClN3O5. The molecule has 218 valence electrons. The lowest BCUT2D eigenvalue weighted by atomic mass is 9.70. The summed E-state index contributed by atoms with van der Waals surface area (Å²) in [5, 5.41) is 9.85. The third kappa shape index (κ3) is 5.14. The van der Waals surface area contributed by atoms with Crippen molar-refractivity contribution in [3.8, 4) is 0 Å². The number of aliphatic hydroxyl groups is 1. The Morgan fingerprint density at radius 3 is 2.60 bits per heavy atom. The largest absolute Gasteiger partial charge is 0.396 e. The highest BCUT2D eigenvalue weighted by molar-refractivity contribution is 9.09. The van der Waals surface area contributed by atoms with E-state index in [-0.39, 0.29) is 42.2 Å². The highest BCUT2D eigenvalue weighted by Crippen LogP contribution is 2.60. The molecule has 6 atom stereocenters. The van der Waals surface area contributed by atoms with Crippen molar-refractivity contribution in [2.75, 3.05) is 37.7 Å². The van der Waals surface area contributed by atoms with Crippen molar-refractivity contribution in [1.29, 1.82) is 0 Å². The first-order chi connectivity index (χ1) is 19.2. The average Bonchev–Trinajstić information content (AvgIpc) is 3.51. The van der Waals surface area contributed by atoms with Gasteiger partial charge in [0, 0.05) is 37.6 Å². The number of unbranched alkanes of at least 4 members (excludes halogenated alkanes) is 1. The number of carbonyl (C=O) groups is 3. The Hall–Kier alpha value is -2.20. The maximum atomic E-state index is 14.6. The van der Waals surface area contributed by atoms with E-state index in [1.54, 1.807) is 32.9 Å². The van der Waals surface area contributed by atoms with Crippen LogP contribution in [-0.4, -0.2) is 88.0 Å². The van der Waals surface area contributed by atoms with Gasteiger partial charge in [-0.05, 0) is 44.2 Å². The number of aryl methyl sites for hydroxylation is 1. The fourth-order valence-electron chi connectivity index (χ4n) is 6.79. The molecule has 3 aliphatic rings. The smallest absolute Gasteiger partial charge is 0.253 e. The number of aliphatic hydroxyl groups excluding tert-OH is 1. The van der Waals surface area contributed by atoms with Gasteiger partial charge in [0.25, 0.3) is 5.91 Å². The number of carbonyl (C=O) groups excluding carboxylic acids is 3. The van der Waals surface area contributed by atoms with E-state index < -0.39 is 29.6 Å². The summed E-state index contributed by atoms with van der Waals surface area (Å²) in [4.78, 5) is 47.6. The Bertz CT molecular complexity index is 1140. The summed E-state index contributed by atoms with van der Waals surface area (Å²) >= 11 is 10.4. The van der Waals surface area contributed by atoms with Gasteiger partial charge in [-0.2, -0.15) is 0 Å². The van der Waals surface area contributed by atoms with Crippen LogP contribution in [0, 0.1) is 18.8 Å². The highest BCUT2D eigenvalue weighted by Gasteiger charge is 2.76. The van der Waals surface area contributed by atoms with Gasteiger partial charge in [-0.15, -0.1) is 13.2 Å². The molecular weight excluding hydrogens is 598 g/mol. The van der Waals surface area contributed by atoms with Gasteiger partial charge in [-0.3, -0.25) is 14.4 Å². The summed E-state index contributed by atoms with van der Waals surface area (Å²) in [6, 6.07) is 4.48. The van der Waals surface area contributed by atoms with Crippen LogP contribution < -0.4 is 4.90 Å². The van der Waals surface area contributed by atoms with Crippen LogP contribution in [0.1, 0.15) is 38.2 Å². The number of benzene rings is 1. The zero-order chi connectivity index (χ0) is 29.2. The fourth-order valence-corrected chi connectivity index (χ4v) is 8.05. The van der Waals surface area contributed by atoms with E-state index in [1.807, 2.05) is 26.0 Å². The number of halogens is 2. The van der Waals surface area contributed by atoms with E-state index in [1.165, 1.54) is 0 Å². The number of anilines is 1. The molecule has 0 radical (unpaired) electrons. The Kier molecular flexibility index (Phi) is 9.81. The quantitative estimate of drug-likeness (QED) is 0.200. The minimum Gasteiger partial charge on any atom is -0.396 e. The number of likely N-dealkylation sites (tertiary alicyclic amines) is 1. The van der Waals surface area contributed by atoms with Crippen molar-refractivity contribution < 1.29 is 24.2 Å². The summed E-state index contributed by atoms with van der Waals surface area (Å²) < 4.78 is 6.66. The average molecular weight is 637 g/mol. The molecule has 10 heteroatoms. The molecule has 0 saturated carbocycles. The molecule has 0 aliphatic carbocycles. The lowest BCUT2D eigenvalue weighted by molar-refractivity contribution is -0.145. The predicted molar refractivity (Wildman–Crippen MR) is 160 cm³/mol. The molecule has 3 fully saturated rings. The van der Waals surface area contributed by atoms with E-state index in [2.05, 4.69) is 29.1 Å². The number of rotatable bonds is 13. The number of fused-ring (bicyclic) bond motifs is 1.